The molecular weight excluding hydrogens is 497 g/mol. The number of aromatic nitrogens is 1. The molecule has 2 aromatic rings. The van der Waals surface area contributed by atoms with Crippen molar-refractivity contribution in [2.24, 2.45) is 4.99 Å². The zero-order valence-corrected chi connectivity index (χ0v) is 19.9. The van der Waals surface area contributed by atoms with Crippen molar-refractivity contribution < 1.29 is 14.1 Å². The van der Waals surface area contributed by atoms with Crippen molar-refractivity contribution in [3.05, 3.63) is 47.3 Å². The number of carbonyl (C=O) groups excluding carboxylic acids is 1. The number of guanidine groups is 1. The van der Waals surface area contributed by atoms with Crippen molar-refractivity contribution in [2.75, 3.05) is 13.7 Å². The molecule has 164 valence electrons. The Bertz CT molecular complexity index is 849. The molecule has 1 aliphatic rings. The molecule has 0 radical (unpaired) electrons. The predicted molar refractivity (Wildman–Crippen MR) is 126 cm³/mol. The molecule has 0 spiro atoms. The smallest absolute Gasteiger partial charge is 0.258 e. The first-order chi connectivity index (χ1) is 14.0. The van der Waals surface area contributed by atoms with Gasteiger partial charge in [0.05, 0.1) is 12.2 Å². The van der Waals surface area contributed by atoms with Crippen LogP contribution in [0, 0.1) is 0 Å². The van der Waals surface area contributed by atoms with E-state index in [1.807, 2.05) is 30.3 Å². The summed E-state index contributed by atoms with van der Waals surface area (Å²) >= 11 is 0. The monoisotopic (exact) mass is 527 g/mol. The molecule has 0 aliphatic heterocycles. The van der Waals surface area contributed by atoms with Gasteiger partial charge in [-0.3, -0.25) is 9.79 Å². The number of ether oxygens (including phenoxy) is 1. The number of nitrogens with one attached hydrogen (secondary N) is 3. The second-order valence-corrected chi connectivity index (χ2v) is 7.43. The molecule has 1 aromatic carbocycles. The lowest BCUT2D eigenvalue weighted by Crippen LogP contribution is -2.36. The van der Waals surface area contributed by atoms with Crippen molar-refractivity contribution in [2.45, 2.75) is 51.7 Å². The number of hydrogen-bond acceptors (Lipinski definition) is 5. The first kappa shape index (κ1) is 24.0. The van der Waals surface area contributed by atoms with Gasteiger partial charge in [-0.2, -0.15) is 0 Å². The standard InChI is InChI=1S/C21H29N5O3.HI/c1-14(2)19-10-18(29-26-19)12-24-21(22-3)23-11-15-5-4-6-17(9-15)28-13-20(27)25-16-7-8-16;/h4-6,9-10,14,16H,7-8,11-13H2,1-3H3,(H,25,27)(H2,22,23,24);1H. The van der Waals surface area contributed by atoms with E-state index in [0.717, 1.165) is 29.9 Å². The SMILES string of the molecule is CN=C(NCc1cccc(OCC(=O)NC2CC2)c1)NCc1cc(C(C)C)no1.I. The number of rotatable bonds is 9. The van der Waals surface area contributed by atoms with Crippen molar-refractivity contribution in [3.63, 3.8) is 0 Å². The molecule has 3 N–H and O–H groups in total. The molecule has 1 saturated carbocycles. The quantitative estimate of drug-likeness (QED) is 0.264. The maximum absolute atomic E-state index is 11.7. The molecule has 0 unspecified atom stereocenters. The third-order valence-electron chi connectivity index (χ3n) is 4.49. The molecule has 1 aromatic heterocycles. The van der Waals surface area contributed by atoms with Gasteiger partial charge in [-0.1, -0.05) is 31.1 Å². The van der Waals surface area contributed by atoms with Crippen molar-refractivity contribution in [3.8, 4) is 5.75 Å². The molecule has 1 aliphatic carbocycles. The number of nitrogens with zero attached hydrogens (tertiary/aromatic N) is 2. The van der Waals surface area contributed by atoms with Gasteiger partial charge >= 0.3 is 0 Å². The molecule has 9 heteroatoms. The summed E-state index contributed by atoms with van der Waals surface area (Å²) in [6.07, 6.45) is 2.13. The first-order valence-electron chi connectivity index (χ1n) is 9.94. The maximum atomic E-state index is 11.7. The summed E-state index contributed by atoms with van der Waals surface area (Å²) in [6, 6.07) is 9.94. The van der Waals surface area contributed by atoms with Crippen LogP contribution in [0.1, 0.15) is 49.6 Å². The molecule has 0 bridgehead atoms. The molecule has 3 rings (SSSR count). The van der Waals surface area contributed by atoms with Crippen LogP contribution in [0.2, 0.25) is 0 Å². The highest BCUT2D eigenvalue weighted by molar-refractivity contribution is 14.0. The third-order valence-corrected chi connectivity index (χ3v) is 4.49. The van der Waals surface area contributed by atoms with E-state index < -0.39 is 0 Å². The summed E-state index contributed by atoms with van der Waals surface area (Å²) in [7, 11) is 1.72. The van der Waals surface area contributed by atoms with Crippen LogP contribution in [-0.2, 0) is 17.9 Å². The van der Waals surface area contributed by atoms with Crippen LogP contribution in [-0.4, -0.2) is 36.7 Å². The summed E-state index contributed by atoms with van der Waals surface area (Å²) in [4.78, 5) is 16.0. The van der Waals surface area contributed by atoms with Gasteiger partial charge in [-0.05, 0) is 36.5 Å². The summed E-state index contributed by atoms with van der Waals surface area (Å²) in [6.45, 7) is 5.25. The molecular formula is C21H30IN5O3. The zero-order chi connectivity index (χ0) is 20.6. The third kappa shape index (κ3) is 7.85. The number of amides is 1. The van der Waals surface area contributed by atoms with Gasteiger partial charge in [0.25, 0.3) is 5.91 Å². The molecule has 0 saturated heterocycles. The fourth-order valence-electron chi connectivity index (χ4n) is 2.65. The number of halogens is 1. The molecule has 30 heavy (non-hydrogen) atoms. The van der Waals surface area contributed by atoms with E-state index in [9.17, 15) is 4.79 Å². The lowest BCUT2D eigenvalue weighted by atomic mass is 10.1. The first-order valence-corrected chi connectivity index (χ1v) is 9.94. The predicted octanol–water partition coefficient (Wildman–Crippen LogP) is 2.94. The minimum atomic E-state index is -0.0753. The molecule has 1 amide bonds. The highest BCUT2D eigenvalue weighted by atomic mass is 127. The lowest BCUT2D eigenvalue weighted by molar-refractivity contribution is -0.123. The van der Waals surface area contributed by atoms with E-state index in [0.29, 0.717) is 36.8 Å². The number of carbonyl (C=O) groups is 1. The average molecular weight is 527 g/mol. The number of aliphatic imine (C=N–C) groups is 1. The highest BCUT2D eigenvalue weighted by Gasteiger charge is 2.23. The summed E-state index contributed by atoms with van der Waals surface area (Å²) in [5, 5.41) is 13.4. The molecule has 8 nitrogen and oxygen atoms in total. The Balaban J connectivity index is 0.00000320. The minimum Gasteiger partial charge on any atom is -0.484 e. The van der Waals surface area contributed by atoms with E-state index in [1.54, 1.807) is 7.05 Å². The lowest BCUT2D eigenvalue weighted by Gasteiger charge is -2.12. The van der Waals surface area contributed by atoms with Gasteiger partial charge in [0.15, 0.2) is 18.3 Å². The van der Waals surface area contributed by atoms with Gasteiger partial charge in [0.1, 0.15) is 5.75 Å². The summed E-state index contributed by atoms with van der Waals surface area (Å²) < 4.78 is 10.9. The van der Waals surface area contributed by atoms with Crippen molar-refractivity contribution in [1.29, 1.82) is 0 Å². The van der Waals surface area contributed by atoms with Crippen LogP contribution in [0.3, 0.4) is 0 Å². The second-order valence-electron chi connectivity index (χ2n) is 7.43. The summed E-state index contributed by atoms with van der Waals surface area (Å²) in [5.74, 6) is 2.34. The van der Waals surface area contributed by atoms with E-state index in [2.05, 4.69) is 39.9 Å². The normalized spacial score (nSPS) is 13.5. The molecule has 1 fully saturated rings. The Morgan fingerprint density at radius 3 is 2.70 bits per heavy atom. The Kier molecular flexibility index (Phi) is 9.41. The average Bonchev–Trinajstić information content (AvgIpc) is 3.39. The van der Waals surface area contributed by atoms with Crippen LogP contribution >= 0.6 is 24.0 Å². The maximum Gasteiger partial charge on any atom is 0.258 e. The van der Waals surface area contributed by atoms with Crippen molar-refractivity contribution >= 4 is 35.8 Å². The Labute approximate surface area is 194 Å². The Morgan fingerprint density at radius 2 is 2.03 bits per heavy atom. The fraction of sp³-hybridized carbons (Fsp3) is 0.476. The van der Waals surface area contributed by atoms with E-state index in [4.69, 9.17) is 9.26 Å². The van der Waals surface area contributed by atoms with Crippen LogP contribution in [0.15, 0.2) is 39.8 Å². The van der Waals surface area contributed by atoms with Crippen LogP contribution in [0.4, 0.5) is 0 Å². The second kappa shape index (κ2) is 11.8. The zero-order valence-electron chi connectivity index (χ0n) is 17.6. The van der Waals surface area contributed by atoms with Gasteiger partial charge in [-0.25, -0.2) is 0 Å². The van der Waals surface area contributed by atoms with E-state index in [1.165, 1.54) is 0 Å². The number of benzene rings is 1. The largest absolute Gasteiger partial charge is 0.484 e. The molecule has 1 heterocycles. The van der Waals surface area contributed by atoms with Gasteiger partial charge in [0, 0.05) is 25.7 Å². The topological polar surface area (TPSA) is 101 Å². The van der Waals surface area contributed by atoms with Crippen LogP contribution in [0.5, 0.6) is 5.75 Å². The minimum absolute atomic E-state index is 0. The van der Waals surface area contributed by atoms with Crippen LogP contribution < -0.4 is 20.7 Å². The Morgan fingerprint density at radius 1 is 1.27 bits per heavy atom. The van der Waals surface area contributed by atoms with Crippen LogP contribution in [0.25, 0.3) is 0 Å². The Hall–Kier alpha value is -2.30. The highest BCUT2D eigenvalue weighted by Crippen LogP contribution is 2.18. The molecule has 0 atom stereocenters. The van der Waals surface area contributed by atoms with Gasteiger partial charge in [0.2, 0.25) is 0 Å². The van der Waals surface area contributed by atoms with E-state index in [-0.39, 0.29) is 36.5 Å². The van der Waals surface area contributed by atoms with Gasteiger partial charge < -0.3 is 25.2 Å². The summed E-state index contributed by atoms with van der Waals surface area (Å²) in [5.41, 5.74) is 1.96. The fourth-order valence-corrected chi connectivity index (χ4v) is 2.65. The number of hydrogen-bond donors (Lipinski definition) is 3. The van der Waals surface area contributed by atoms with E-state index >= 15 is 0 Å². The van der Waals surface area contributed by atoms with Gasteiger partial charge in [-0.15, -0.1) is 24.0 Å². The van der Waals surface area contributed by atoms with Crippen molar-refractivity contribution in [1.82, 2.24) is 21.1 Å².